The Kier molecular flexibility index (Phi) is 6.35. The summed E-state index contributed by atoms with van der Waals surface area (Å²) in [5.74, 6) is 1.69. The fourth-order valence-electron chi connectivity index (χ4n) is 1.94. The van der Waals surface area contributed by atoms with Crippen molar-refractivity contribution in [1.82, 2.24) is 20.5 Å². The number of carbonyl (C=O) groups is 1. The van der Waals surface area contributed by atoms with Crippen LogP contribution in [-0.2, 0) is 11.2 Å². The molecule has 0 aromatic carbocycles. The van der Waals surface area contributed by atoms with Gasteiger partial charge in [-0.2, -0.15) is 5.10 Å². The summed E-state index contributed by atoms with van der Waals surface area (Å²) in [5.41, 5.74) is 5.67. The molecular formula is C12H23N5O. The van der Waals surface area contributed by atoms with Crippen LogP contribution in [0, 0.1) is 11.8 Å². The topological polar surface area (TPSA) is 96.7 Å². The van der Waals surface area contributed by atoms with Crippen LogP contribution in [-0.4, -0.2) is 34.2 Å². The summed E-state index contributed by atoms with van der Waals surface area (Å²) in [5, 5.41) is 9.38. The van der Waals surface area contributed by atoms with Gasteiger partial charge in [0.2, 0.25) is 5.91 Å². The molecule has 0 aliphatic heterocycles. The van der Waals surface area contributed by atoms with E-state index < -0.39 is 0 Å². The van der Waals surface area contributed by atoms with E-state index in [0.29, 0.717) is 31.8 Å². The second-order valence-electron chi connectivity index (χ2n) is 4.97. The summed E-state index contributed by atoms with van der Waals surface area (Å²) in [6, 6.07) is 0. The van der Waals surface area contributed by atoms with Crippen molar-refractivity contribution in [2.24, 2.45) is 17.6 Å². The second-order valence-corrected chi connectivity index (χ2v) is 4.97. The molecule has 102 valence electrons. The van der Waals surface area contributed by atoms with Crippen LogP contribution in [0.25, 0.3) is 0 Å². The molecule has 0 radical (unpaired) electrons. The standard InChI is InChI=1S/C12H23N5O/c1-9(2)5-10(7-13)6-12(18)14-4-3-11-15-8-16-17-11/h8-10H,3-7,13H2,1-2H3,(H,14,18)(H,15,16,17)/t10-/m0/s1. The van der Waals surface area contributed by atoms with Crippen molar-refractivity contribution < 1.29 is 4.79 Å². The minimum absolute atomic E-state index is 0.0608. The lowest BCUT2D eigenvalue weighted by molar-refractivity contribution is -0.122. The van der Waals surface area contributed by atoms with Crippen molar-refractivity contribution in [3.63, 3.8) is 0 Å². The zero-order valence-corrected chi connectivity index (χ0v) is 11.1. The Morgan fingerprint density at radius 3 is 2.89 bits per heavy atom. The maximum Gasteiger partial charge on any atom is 0.220 e. The fourth-order valence-corrected chi connectivity index (χ4v) is 1.94. The predicted molar refractivity (Wildman–Crippen MR) is 69.7 cm³/mol. The summed E-state index contributed by atoms with van der Waals surface area (Å²) in [6.07, 6.45) is 3.63. The number of nitrogens with zero attached hydrogens (tertiary/aromatic N) is 2. The van der Waals surface area contributed by atoms with E-state index in [4.69, 9.17) is 5.73 Å². The lowest BCUT2D eigenvalue weighted by atomic mass is 9.94. The van der Waals surface area contributed by atoms with Crippen LogP contribution >= 0.6 is 0 Å². The molecule has 1 aromatic heterocycles. The predicted octanol–water partition coefficient (Wildman–Crippen LogP) is 0.475. The SMILES string of the molecule is CC(C)C[C@H](CN)CC(=O)NCCc1ncn[nH]1. The minimum Gasteiger partial charge on any atom is -0.356 e. The summed E-state index contributed by atoms with van der Waals surface area (Å²) in [4.78, 5) is 15.7. The molecule has 0 aliphatic rings. The maximum absolute atomic E-state index is 11.7. The summed E-state index contributed by atoms with van der Waals surface area (Å²) in [7, 11) is 0. The van der Waals surface area contributed by atoms with E-state index in [2.05, 4.69) is 34.3 Å². The molecule has 0 saturated carbocycles. The van der Waals surface area contributed by atoms with E-state index in [1.54, 1.807) is 0 Å². The van der Waals surface area contributed by atoms with Crippen LogP contribution in [0.15, 0.2) is 6.33 Å². The van der Waals surface area contributed by atoms with Gasteiger partial charge in [-0.15, -0.1) is 0 Å². The molecule has 18 heavy (non-hydrogen) atoms. The number of carbonyl (C=O) groups excluding carboxylic acids is 1. The average molecular weight is 253 g/mol. The Hall–Kier alpha value is -1.43. The Morgan fingerprint density at radius 1 is 1.56 bits per heavy atom. The lowest BCUT2D eigenvalue weighted by Gasteiger charge is -2.16. The molecule has 1 rings (SSSR count). The van der Waals surface area contributed by atoms with E-state index in [0.717, 1.165) is 12.2 Å². The monoisotopic (exact) mass is 253 g/mol. The van der Waals surface area contributed by atoms with Crippen LogP contribution in [0.5, 0.6) is 0 Å². The smallest absolute Gasteiger partial charge is 0.220 e. The van der Waals surface area contributed by atoms with Crippen LogP contribution in [0.3, 0.4) is 0 Å². The molecule has 0 bridgehead atoms. The van der Waals surface area contributed by atoms with Gasteiger partial charge in [-0.1, -0.05) is 13.8 Å². The van der Waals surface area contributed by atoms with Crippen LogP contribution in [0.2, 0.25) is 0 Å². The molecule has 0 saturated heterocycles. The van der Waals surface area contributed by atoms with Gasteiger partial charge in [-0.25, -0.2) is 4.98 Å². The van der Waals surface area contributed by atoms with E-state index in [1.165, 1.54) is 6.33 Å². The number of aromatic amines is 1. The van der Waals surface area contributed by atoms with Gasteiger partial charge in [0, 0.05) is 19.4 Å². The van der Waals surface area contributed by atoms with Crippen LogP contribution < -0.4 is 11.1 Å². The molecule has 0 spiro atoms. The van der Waals surface area contributed by atoms with Crippen molar-refractivity contribution in [2.75, 3.05) is 13.1 Å². The normalized spacial score (nSPS) is 12.7. The Bertz CT molecular complexity index is 336. The molecule has 6 heteroatoms. The van der Waals surface area contributed by atoms with E-state index >= 15 is 0 Å². The molecule has 0 aliphatic carbocycles. The number of nitrogens with one attached hydrogen (secondary N) is 2. The van der Waals surface area contributed by atoms with Crippen LogP contribution in [0.1, 0.15) is 32.5 Å². The first-order chi connectivity index (χ1) is 8.61. The van der Waals surface area contributed by atoms with Crippen molar-refractivity contribution in [1.29, 1.82) is 0 Å². The Morgan fingerprint density at radius 2 is 2.33 bits per heavy atom. The number of hydrogen-bond acceptors (Lipinski definition) is 4. The van der Waals surface area contributed by atoms with Gasteiger partial charge in [0.05, 0.1) is 0 Å². The van der Waals surface area contributed by atoms with Gasteiger partial charge < -0.3 is 11.1 Å². The molecule has 0 fully saturated rings. The highest BCUT2D eigenvalue weighted by Crippen LogP contribution is 2.13. The third kappa shape index (κ3) is 5.77. The number of aromatic nitrogens is 3. The second kappa shape index (κ2) is 7.81. The maximum atomic E-state index is 11.7. The molecule has 6 nitrogen and oxygen atoms in total. The van der Waals surface area contributed by atoms with Gasteiger partial charge in [0.25, 0.3) is 0 Å². The quantitative estimate of drug-likeness (QED) is 0.627. The van der Waals surface area contributed by atoms with Crippen molar-refractivity contribution in [3.8, 4) is 0 Å². The first-order valence-corrected chi connectivity index (χ1v) is 6.42. The molecular weight excluding hydrogens is 230 g/mol. The molecule has 1 atom stereocenters. The van der Waals surface area contributed by atoms with Gasteiger partial charge >= 0.3 is 0 Å². The molecule has 4 N–H and O–H groups in total. The average Bonchev–Trinajstić information content (AvgIpc) is 2.80. The van der Waals surface area contributed by atoms with Gasteiger partial charge in [0.15, 0.2) is 0 Å². The number of amides is 1. The zero-order valence-electron chi connectivity index (χ0n) is 11.1. The Labute approximate surface area is 108 Å². The number of hydrogen-bond donors (Lipinski definition) is 3. The zero-order chi connectivity index (χ0) is 13.4. The molecule has 1 aromatic rings. The molecule has 1 amide bonds. The third-order valence-electron chi connectivity index (χ3n) is 2.76. The van der Waals surface area contributed by atoms with E-state index in [-0.39, 0.29) is 11.8 Å². The summed E-state index contributed by atoms with van der Waals surface area (Å²) in [6.45, 7) is 5.43. The van der Waals surface area contributed by atoms with Crippen molar-refractivity contribution in [3.05, 3.63) is 12.2 Å². The summed E-state index contributed by atoms with van der Waals surface area (Å²) >= 11 is 0. The van der Waals surface area contributed by atoms with Gasteiger partial charge in [-0.05, 0) is 24.8 Å². The van der Waals surface area contributed by atoms with E-state index in [1.807, 2.05) is 0 Å². The number of nitrogens with two attached hydrogens (primary N) is 1. The Balaban J connectivity index is 2.19. The van der Waals surface area contributed by atoms with Crippen molar-refractivity contribution >= 4 is 5.91 Å². The third-order valence-corrected chi connectivity index (χ3v) is 2.76. The highest BCUT2D eigenvalue weighted by Gasteiger charge is 2.13. The minimum atomic E-state index is 0.0608. The molecule has 1 heterocycles. The number of rotatable bonds is 8. The first-order valence-electron chi connectivity index (χ1n) is 6.42. The number of H-pyrrole nitrogens is 1. The van der Waals surface area contributed by atoms with Gasteiger partial charge in [-0.3, -0.25) is 9.89 Å². The highest BCUT2D eigenvalue weighted by atomic mass is 16.1. The first kappa shape index (κ1) is 14.6. The fraction of sp³-hybridized carbons (Fsp3) is 0.750. The lowest BCUT2D eigenvalue weighted by Crippen LogP contribution is -2.30. The largest absolute Gasteiger partial charge is 0.356 e. The van der Waals surface area contributed by atoms with Crippen molar-refractivity contribution in [2.45, 2.75) is 33.1 Å². The van der Waals surface area contributed by atoms with Crippen LogP contribution in [0.4, 0.5) is 0 Å². The highest BCUT2D eigenvalue weighted by molar-refractivity contribution is 5.76. The summed E-state index contributed by atoms with van der Waals surface area (Å²) < 4.78 is 0. The van der Waals surface area contributed by atoms with E-state index in [9.17, 15) is 4.79 Å². The molecule has 0 unspecified atom stereocenters. The van der Waals surface area contributed by atoms with Gasteiger partial charge in [0.1, 0.15) is 12.2 Å².